The van der Waals surface area contributed by atoms with Gasteiger partial charge < -0.3 is 14.2 Å². The predicted octanol–water partition coefficient (Wildman–Crippen LogP) is 3.79. The van der Waals surface area contributed by atoms with Crippen LogP contribution in [-0.4, -0.2) is 34.0 Å². The number of benzene rings is 1. The summed E-state index contributed by atoms with van der Waals surface area (Å²) in [5.41, 5.74) is 4.29. The van der Waals surface area contributed by atoms with E-state index in [1.54, 1.807) is 12.2 Å². The van der Waals surface area contributed by atoms with Crippen molar-refractivity contribution in [2.75, 3.05) is 13.7 Å². The third kappa shape index (κ3) is 9.56. The SMILES string of the molecule is COC(=O)OC(C#C[Si](C)(C)C)/C=C/COCc1ccccc1. The molecule has 0 spiro atoms. The molecular weight excluding hydrogens is 308 g/mol. The Morgan fingerprint density at radius 3 is 2.57 bits per heavy atom. The van der Waals surface area contributed by atoms with Crippen LogP contribution in [0.1, 0.15) is 5.56 Å². The molecule has 1 unspecified atom stereocenters. The number of carbonyl (C=O) groups excluding carboxylic acids is 1. The highest BCUT2D eigenvalue weighted by Crippen LogP contribution is 2.02. The molecule has 0 radical (unpaired) electrons. The van der Waals surface area contributed by atoms with E-state index in [1.807, 2.05) is 30.3 Å². The first-order valence-corrected chi connectivity index (χ1v) is 11.0. The van der Waals surface area contributed by atoms with Gasteiger partial charge in [0, 0.05) is 0 Å². The molecule has 0 heterocycles. The van der Waals surface area contributed by atoms with Crippen LogP contribution >= 0.6 is 0 Å². The average Bonchev–Trinajstić information content (AvgIpc) is 2.52. The zero-order valence-electron chi connectivity index (χ0n) is 14.2. The van der Waals surface area contributed by atoms with Crippen molar-refractivity contribution in [1.29, 1.82) is 0 Å². The first-order chi connectivity index (χ1) is 10.9. The van der Waals surface area contributed by atoms with Gasteiger partial charge in [0.1, 0.15) is 8.07 Å². The number of rotatable bonds is 6. The van der Waals surface area contributed by atoms with Crippen LogP contribution in [0, 0.1) is 11.5 Å². The minimum atomic E-state index is -1.54. The van der Waals surface area contributed by atoms with Crippen LogP contribution in [0.4, 0.5) is 4.79 Å². The summed E-state index contributed by atoms with van der Waals surface area (Å²) in [5, 5.41) is 0. The molecule has 0 fully saturated rings. The molecule has 0 bridgehead atoms. The Kier molecular flexibility index (Phi) is 8.17. The van der Waals surface area contributed by atoms with Crippen molar-refractivity contribution >= 4 is 14.2 Å². The van der Waals surface area contributed by atoms with Gasteiger partial charge in [0.2, 0.25) is 0 Å². The fourth-order valence-corrected chi connectivity index (χ4v) is 2.13. The Labute approximate surface area is 139 Å². The van der Waals surface area contributed by atoms with Crippen LogP contribution in [0.2, 0.25) is 19.6 Å². The summed E-state index contributed by atoms with van der Waals surface area (Å²) >= 11 is 0. The first kappa shape index (κ1) is 19.0. The average molecular weight is 332 g/mol. The van der Waals surface area contributed by atoms with Gasteiger partial charge >= 0.3 is 6.16 Å². The second-order valence-corrected chi connectivity index (χ2v) is 10.7. The summed E-state index contributed by atoms with van der Waals surface area (Å²) in [6, 6.07) is 9.93. The van der Waals surface area contributed by atoms with E-state index in [-0.39, 0.29) is 0 Å². The van der Waals surface area contributed by atoms with Crippen molar-refractivity contribution in [2.45, 2.75) is 32.4 Å². The summed E-state index contributed by atoms with van der Waals surface area (Å²) in [6.45, 7) is 7.34. The second kappa shape index (κ2) is 9.88. The molecular formula is C18H24O4Si. The highest BCUT2D eigenvalue weighted by Gasteiger charge is 2.11. The Balaban J connectivity index is 2.50. The van der Waals surface area contributed by atoms with Crippen molar-refractivity contribution in [3.05, 3.63) is 48.0 Å². The molecule has 1 aromatic carbocycles. The molecule has 0 saturated heterocycles. The van der Waals surface area contributed by atoms with Gasteiger partial charge in [0.15, 0.2) is 6.10 Å². The van der Waals surface area contributed by atoms with Crippen molar-refractivity contribution in [2.24, 2.45) is 0 Å². The van der Waals surface area contributed by atoms with Crippen molar-refractivity contribution in [3.63, 3.8) is 0 Å². The number of hydrogen-bond donors (Lipinski definition) is 0. The van der Waals surface area contributed by atoms with E-state index in [9.17, 15) is 4.79 Å². The highest BCUT2D eigenvalue weighted by atomic mass is 28.3. The van der Waals surface area contributed by atoms with Gasteiger partial charge in [-0.25, -0.2) is 4.79 Å². The van der Waals surface area contributed by atoms with Crippen LogP contribution < -0.4 is 0 Å². The van der Waals surface area contributed by atoms with E-state index in [0.29, 0.717) is 13.2 Å². The van der Waals surface area contributed by atoms with Gasteiger partial charge in [-0.1, -0.05) is 62.0 Å². The van der Waals surface area contributed by atoms with Crippen LogP contribution in [0.15, 0.2) is 42.5 Å². The van der Waals surface area contributed by atoms with Crippen LogP contribution in [0.5, 0.6) is 0 Å². The smallest absolute Gasteiger partial charge is 0.438 e. The fourth-order valence-electron chi connectivity index (χ4n) is 1.55. The molecule has 1 rings (SSSR count). The molecule has 0 saturated carbocycles. The van der Waals surface area contributed by atoms with Crippen molar-refractivity contribution in [3.8, 4) is 11.5 Å². The molecule has 0 aromatic heterocycles. The maximum Gasteiger partial charge on any atom is 0.509 e. The molecule has 5 heteroatoms. The summed E-state index contributed by atoms with van der Waals surface area (Å²) in [6.07, 6.45) is 2.16. The minimum absolute atomic E-state index is 0.421. The normalized spacial score (nSPS) is 12.3. The van der Waals surface area contributed by atoms with Crippen molar-refractivity contribution < 1.29 is 19.0 Å². The van der Waals surface area contributed by atoms with E-state index in [0.717, 1.165) is 5.56 Å². The Morgan fingerprint density at radius 1 is 1.26 bits per heavy atom. The number of hydrogen-bond acceptors (Lipinski definition) is 4. The fraction of sp³-hybridized carbons (Fsp3) is 0.389. The lowest BCUT2D eigenvalue weighted by Crippen LogP contribution is -2.20. The maximum atomic E-state index is 11.3. The quantitative estimate of drug-likeness (QED) is 0.261. The van der Waals surface area contributed by atoms with Crippen LogP contribution in [0.25, 0.3) is 0 Å². The molecule has 0 aliphatic carbocycles. The van der Waals surface area contributed by atoms with Crippen LogP contribution in [0.3, 0.4) is 0 Å². The lowest BCUT2D eigenvalue weighted by molar-refractivity contribution is 0.0669. The zero-order chi connectivity index (χ0) is 17.1. The molecule has 23 heavy (non-hydrogen) atoms. The summed E-state index contributed by atoms with van der Waals surface area (Å²) in [4.78, 5) is 11.3. The lowest BCUT2D eigenvalue weighted by Gasteiger charge is -2.09. The molecule has 0 N–H and O–H groups in total. The maximum absolute atomic E-state index is 11.3. The Morgan fingerprint density at radius 2 is 1.96 bits per heavy atom. The van der Waals surface area contributed by atoms with E-state index < -0.39 is 20.3 Å². The highest BCUT2D eigenvalue weighted by molar-refractivity contribution is 6.83. The van der Waals surface area contributed by atoms with E-state index in [4.69, 9.17) is 9.47 Å². The predicted molar refractivity (Wildman–Crippen MR) is 93.6 cm³/mol. The molecule has 124 valence electrons. The zero-order valence-corrected chi connectivity index (χ0v) is 15.2. The minimum Gasteiger partial charge on any atom is -0.438 e. The number of ether oxygens (including phenoxy) is 3. The summed E-state index contributed by atoms with van der Waals surface area (Å²) < 4.78 is 15.2. The molecule has 0 amide bonds. The summed E-state index contributed by atoms with van der Waals surface area (Å²) in [5.74, 6) is 2.98. The van der Waals surface area contributed by atoms with Gasteiger partial charge in [-0.15, -0.1) is 5.54 Å². The third-order valence-corrected chi connectivity index (χ3v) is 3.51. The number of carbonyl (C=O) groups is 1. The van der Waals surface area contributed by atoms with E-state index >= 15 is 0 Å². The van der Waals surface area contributed by atoms with Gasteiger partial charge in [0.05, 0.1) is 20.3 Å². The molecule has 1 atom stereocenters. The van der Waals surface area contributed by atoms with Crippen LogP contribution in [-0.2, 0) is 20.8 Å². The molecule has 0 aliphatic rings. The van der Waals surface area contributed by atoms with Crippen molar-refractivity contribution in [1.82, 2.24) is 0 Å². The van der Waals surface area contributed by atoms with Gasteiger partial charge in [0.25, 0.3) is 0 Å². The van der Waals surface area contributed by atoms with Gasteiger partial charge in [-0.2, -0.15) is 0 Å². The van der Waals surface area contributed by atoms with E-state index in [1.165, 1.54) is 7.11 Å². The van der Waals surface area contributed by atoms with Gasteiger partial charge in [-0.05, 0) is 11.6 Å². The lowest BCUT2D eigenvalue weighted by atomic mass is 10.2. The summed E-state index contributed by atoms with van der Waals surface area (Å²) in [7, 11) is -0.262. The standard InChI is InChI=1S/C18H24O4Si/c1-20-18(19)22-17(12-14-23(2,3)4)11-8-13-21-15-16-9-6-5-7-10-16/h5-11,17H,13,15H2,1-4H3/b11-8+. The molecule has 4 nitrogen and oxygen atoms in total. The third-order valence-electron chi connectivity index (χ3n) is 2.62. The van der Waals surface area contributed by atoms with Gasteiger partial charge in [-0.3, -0.25) is 0 Å². The number of methoxy groups -OCH3 is 1. The topological polar surface area (TPSA) is 44.8 Å². The second-order valence-electron chi connectivity index (χ2n) is 5.94. The van der Waals surface area contributed by atoms with E-state index in [2.05, 4.69) is 35.8 Å². The molecule has 1 aromatic rings. The molecule has 0 aliphatic heterocycles. The first-order valence-electron chi connectivity index (χ1n) is 7.46. The largest absolute Gasteiger partial charge is 0.509 e. The Bertz CT molecular complexity index is 564. The monoisotopic (exact) mass is 332 g/mol. The Hall–Kier alpha value is -2.03.